The van der Waals surface area contributed by atoms with Crippen LogP contribution in [0.4, 0.5) is 0 Å². The van der Waals surface area contributed by atoms with Gasteiger partial charge in [0, 0.05) is 12.0 Å². The summed E-state index contributed by atoms with van der Waals surface area (Å²) in [5, 5.41) is 2.96. The van der Waals surface area contributed by atoms with E-state index in [0.717, 1.165) is 12.8 Å². The van der Waals surface area contributed by atoms with Gasteiger partial charge in [-0.3, -0.25) is 4.79 Å². The van der Waals surface area contributed by atoms with Crippen LogP contribution in [0.25, 0.3) is 0 Å². The van der Waals surface area contributed by atoms with Crippen LogP contribution >= 0.6 is 0 Å². The van der Waals surface area contributed by atoms with Gasteiger partial charge in [0.15, 0.2) is 0 Å². The van der Waals surface area contributed by atoms with E-state index in [1.807, 2.05) is 20.8 Å². The third kappa shape index (κ3) is 11.1. The second kappa shape index (κ2) is 6.65. The Kier molecular flexibility index (Phi) is 6.30. The van der Waals surface area contributed by atoms with E-state index in [1.54, 1.807) is 0 Å². The van der Waals surface area contributed by atoms with Crippen LogP contribution in [0.2, 0.25) is 0 Å². The van der Waals surface area contributed by atoms with Crippen molar-refractivity contribution in [1.82, 2.24) is 5.32 Å². The van der Waals surface area contributed by atoms with Crippen LogP contribution in [0.1, 0.15) is 53.9 Å². The number of allylic oxidation sites excluding steroid dienone is 2. The molecule has 0 aromatic carbocycles. The third-order valence-corrected chi connectivity index (χ3v) is 1.81. The number of hydrogen-bond acceptors (Lipinski definition) is 1. The second-order valence-corrected chi connectivity index (χ2v) is 5.36. The number of rotatable bonds is 5. The Morgan fingerprint density at radius 1 is 1.33 bits per heavy atom. The molecule has 88 valence electrons. The van der Waals surface area contributed by atoms with Gasteiger partial charge in [-0.25, -0.2) is 0 Å². The Hall–Kier alpha value is -0.790. The molecule has 0 aliphatic heterocycles. The first-order chi connectivity index (χ1) is 6.81. The normalized spacial score (nSPS) is 12.4. The van der Waals surface area contributed by atoms with Crippen LogP contribution in [0.15, 0.2) is 12.2 Å². The molecule has 0 bridgehead atoms. The van der Waals surface area contributed by atoms with Crippen molar-refractivity contribution >= 4 is 5.91 Å². The van der Waals surface area contributed by atoms with Crippen LogP contribution < -0.4 is 5.32 Å². The van der Waals surface area contributed by atoms with Gasteiger partial charge in [-0.1, -0.05) is 26.0 Å². The van der Waals surface area contributed by atoms with E-state index in [1.165, 1.54) is 0 Å². The lowest BCUT2D eigenvalue weighted by Crippen LogP contribution is -2.40. The average Bonchev–Trinajstić information content (AvgIpc) is 1.99. The third-order valence-electron chi connectivity index (χ3n) is 1.81. The van der Waals surface area contributed by atoms with Gasteiger partial charge in [0.1, 0.15) is 0 Å². The maximum atomic E-state index is 11.4. The summed E-state index contributed by atoms with van der Waals surface area (Å²) >= 11 is 0. The standard InChI is InChI=1S/C13H25NO/c1-11(2)9-7-6-8-10-12(15)14-13(3,4)5/h7,9,11H,6,8,10H2,1-5H3,(H,14,15)/b9-7-. The summed E-state index contributed by atoms with van der Waals surface area (Å²) in [5.41, 5.74) is -0.106. The first-order valence-corrected chi connectivity index (χ1v) is 5.79. The van der Waals surface area contributed by atoms with Gasteiger partial charge in [-0.05, 0) is 39.5 Å². The molecule has 0 unspecified atom stereocenters. The molecule has 0 saturated carbocycles. The molecule has 1 N–H and O–H groups in total. The molecule has 0 aromatic heterocycles. The van der Waals surface area contributed by atoms with E-state index in [-0.39, 0.29) is 11.4 Å². The van der Waals surface area contributed by atoms with Gasteiger partial charge < -0.3 is 5.32 Å². The summed E-state index contributed by atoms with van der Waals surface area (Å²) in [5.74, 6) is 0.758. The number of nitrogens with one attached hydrogen (secondary N) is 1. The lowest BCUT2D eigenvalue weighted by Gasteiger charge is -2.20. The van der Waals surface area contributed by atoms with Crippen molar-refractivity contribution in [3.63, 3.8) is 0 Å². The summed E-state index contributed by atoms with van der Waals surface area (Å²) in [6.07, 6.45) is 6.90. The van der Waals surface area contributed by atoms with Crippen molar-refractivity contribution in [2.75, 3.05) is 0 Å². The summed E-state index contributed by atoms with van der Waals surface area (Å²) in [6.45, 7) is 10.3. The Morgan fingerprint density at radius 3 is 2.40 bits per heavy atom. The van der Waals surface area contributed by atoms with E-state index in [4.69, 9.17) is 0 Å². The molecule has 0 atom stereocenters. The zero-order chi connectivity index (χ0) is 11.9. The fraction of sp³-hybridized carbons (Fsp3) is 0.769. The number of hydrogen-bond donors (Lipinski definition) is 1. The van der Waals surface area contributed by atoms with Crippen LogP contribution in [0, 0.1) is 5.92 Å². The van der Waals surface area contributed by atoms with E-state index in [0.29, 0.717) is 12.3 Å². The lowest BCUT2D eigenvalue weighted by atomic mass is 10.1. The van der Waals surface area contributed by atoms with Gasteiger partial charge in [0.2, 0.25) is 5.91 Å². The Balaban J connectivity index is 3.56. The molecule has 15 heavy (non-hydrogen) atoms. The summed E-state index contributed by atoms with van der Waals surface area (Å²) in [6, 6.07) is 0. The molecular formula is C13H25NO. The van der Waals surface area contributed by atoms with Gasteiger partial charge in [0.05, 0.1) is 0 Å². The summed E-state index contributed by atoms with van der Waals surface area (Å²) < 4.78 is 0. The molecule has 0 aliphatic carbocycles. The summed E-state index contributed by atoms with van der Waals surface area (Å²) in [7, 11) is 0. The van der Waals surface area contributed by atoms with Crippen LogP contribution in [-0.4, -0.2) is 11.4 Å². The Morgan fingerprint density at radius 2 is 1.93 bits per heavy atom. The average molecular weight is 211 g/mol. The first-order valence-electron chi connectivity index (χ1n) is 5.79. The molecule has 1 amide bonds. The van der Waals surface area contributed by atoms with Gasteiger partial charge in [-0.2, -0.15) is 0 Å². The van der Waals surface area contributed by atoms with Crippen molar-refractivity contribution in [1.29, 1.82) is 0 Å². The second-order valence-electron chi connectivity index (χ2n) is 5.36. The maximum absolute atomic E-state index is 11.4. The lowest BCUT2D eigenvalue weighted by molar-refractivity contribution is -0.122. The van der Waals surface area contributed by atoms with Crippen LogP contribution in [0.3, 0.4) is 0 Å². The van der Waals surface area contributed by atoms with E-state index < -0.39 is 0 Å². The molecule has 2 heteroatoms. The minimum atomic E-state index is -0.106. The fourth-order valence-corrected chi connectivity index (χ4v) is 1.23. The monoisotopic (exact) mass is 211 g/mol. The quantitative estimate of drug-likeness (QED) is 0.549. The zero-order valence-electron chi connectivity index (χ0n) is 10.8. The molecule has 0 aliphatic rings. The minimum absolute atomic E-state index is 0.106. The topological polar surface area (TPSA) is 29.1 Å². The minimum Gasteiger partial charge on any atom is -0.352 e. The highest BCUT2D eigenvalue weighted by atomic mass is 16.1. The molecule has 0 radical (unpaired) electrons. The van der Waals surface area contributed by atoms with Gasteiger partial charge in [0.25, 0.3) is 0 Å². The van der Waals surface area contributed by atoms with E-state index in [2.05, 4.69) is 31.3 Å². The zero-order valence-corrected chi connectivity index (χ0v) is 10.8. The Labute approximate surface area is 94.1 Å². The number of unbranched alkanes of at least 4 members (excludes halogenated alkanes) is 1. The predicted octanol–water partition coefficient (Wildman–Crippen LogP) is 3.28. The molecule has 0 spiro atoms. The molecule has 0 rings (SSSR count). The van der Waals surface area contributed by atoms with Crippen LogP contribution in [0.5, 0.6) is 0 Å². The van der Waals surface area contributed by atoms with E-state index in [9.17, 15) is 4.79 Å². The van der Waals surface area contributed by atoms with Gasteiger partial charge in [-0.15, -0.1) is 0 Å². The van der Waals surface area contributed by atoms with Crippen molar-refractivity contribution in [2.24, 2.45) is 5.92 Å². The highest BCUT2D eigenvalue weighted by Gasteiger charge is 2.12. The van der Waals surface area contributed by atoms with E-state index >= 15 is 0 Å². The SMILES string of the molecule is CC(C)/C=C\CCCC(=O)NC(C)(C)C. The molecular weight excluding hydrogens is 186 g/mol. The smallest absolute Gasteiger partial charge is 0.220 e. The number of carbonyl (C=O) groups excluding carboxylic acids is 1. The van der Waals surface area contributed by atoms with Gasteiger partial charge >= 0.3 is 0 Å². The number of amides is 1. The highest BCUT2D eigenvalue weighted by Crippen LogP contribution is 2.03. The van der Waals surface area contributed by atoms with Crippen molar-refractivity contribution in [3.05, 3.63) is 12.2 Å². The van der Waals surface area contributed by atoms with Crippen molar-refractivity contribution < 1.29 is 4.79 Å². The van der Waals surface area contributed by atoms with Crippen LogP contribution in [-0.2, 0) is 4.79 Å². The molecule has 0 saturated heterocycles. The first kappa shape index (κ1) is 14.2. The Bertz CT molecular complexity index is 211. The van der Waals surface area contributed by atoms with Crippen molar-refractivity contribution in [2.45, 2.75) is 59.4 Å². The predicted molar refractivity (Wildman–Crippen MR) is 65.7 cm³/mol. The number of carbonyl (C=O) groups is 1. The highest BCUT2D eigenvalue weighted by molar-refractivity contribution is 5.76. The fourth-order valence-electron chi connectivity index (χ4n) is 1.23. The molecule has 2 nitrogen and oxygen atoms in total. The molecule has 0 fully saturated rings. The van der Waals surface area contributed by atoms with Crippen molar-refractivity contribution in [3.8, 4) is 0 Å². The largest absolute Gasteiger partial charge is 0.352 e. The molecule has 0 heterocycles. The maximum Gasteiger partial charge on any atom is 0.220 e. The molecule has 0 aromatic rings. The summed E-state index contributed by atoms with van der Waals surface area (Å²) in [4.78, 5) is 11.4.